The first-order chi connectivity index (χ1) is 8.34. The number of fused-ring (bicyclic) bond motifs is 1. The van der Waals surface area contributed by atoms with E-state index in [4.69, 9.17) is 0 Å². The maximum atomic E-state index is 12.2. The van der Waals surface area contributed by atoms with Crippen LogP contribution in [-0.2, 0) is 0 Å². The number of H-pyrrole nitrogens is 1. The van der Waals surface area contributed by atoms with Gasteiger partial charge in [-0.15, -0.1) is 12.4 Å². The van der Waals surface area contributed by atoms with Crippen LogP contribution in [0.5, 0.6) is 0 Å². The molecular formula is C13H16ClN3O. The van der Waals surface area contributed by atoms with Crippen molar-refractivity contribution in [3.63, 3.8) is 0 Å². The van der Waals surface area contributed by atoms with Gasteiger partial charge >= 0.3 is 0 Å². The number of nitrogens with zero attached hydrogens (tertiary/aromatic N) is 1. The summed E-state index contributed by atoms with van der Waals surface area (Å²) in [5, 5.41) is 3.26. The number of carbonyl (C=O) groups is 1. The van der Waals surface area contributed by atoms with E-state index in [9.17, 15) is 4.79 Å². The molecule has 2 N–H and O–H groups in total. The predicted octanol–water partition coefficient (Wildman–Crippen LogP) is 2.17. The van der Waals surface area contributed by atoms with Crippen molar-refractivity contribution in [2.75, 3.05) is 13.1 Å². The lowest BCUT2D eigenvalue weighted by molar-refractivity contribution is 0.0885. The Morgan fingerprint density at radius 1 is 1.22 bits per heavy atom. The van der Waals surface area contributed by atoms with Gasteiger partial charge in [0.1, 0.15) is 0 Å². The lowest BCUT2D eigenvalue weighted by Gasteiger charge is -2.20. The van der Waals surface area contributed by atoms with Gasteiger partial charge in [0.2, 0.25) is 5.78 Å². The molecule has 0 atom stereocenters. The average Bonchev–Trinajstić information content (AvgIpc) is 2.82. The Balaban J connectivity index is 0.00000120. The molecule has 0 aliphatic carbocycles. The largest absolute Gasteiger partial charge is 0.335 e. The summed E-state index contributed by atoms with van der Waals surface area (Å²) in [4.78, 5) is 19.7. The van der Waals surface area contributed by atoms with Crippen molar-refractivity contribution in [3.05, 3.63) is 30.1 Å². The Bertz CT molecular complexity index is 513. The van der Waals surface area contributed by atoms with Crippen molar-refractivity contribution in [2.45, 2.75) is 12.8 Å². The number of hydrogen-bond acceptors (Lipinski definition) is 3. The lowest BCUT2D eigenvalue weighted by atomic mass is 9.93. The summed E-state index contributed by atoms with van der Waals surface area (Å²) in [6, 6.07) is 7.74. The van der Waals surface area contributed by atoms with Crippen LogP contribution >= 0.6 is 12.4 Å². The molecule has 0 saturated carbocycles. The van der Waals surface area contributed by atoms with Gasteiger partial charge < -0.3 is 10.3 Å². The number of aromatic amines is 1. The van der Waals surface area contributed by atoms with E-state index in [2.05, 4.69) is 15.3 Å². The van der Waals surface area contributed by atoms with E-state index < -0.39 is 0 Å². The topological polar surface area (TPSA) is 57.8 Å². The molecule has 0 radical (unpaired) electrons. The molecule has 0 bridgehead atoms. The highest BCUT2D eigenvalue weighted by atomic mass is 35.5. The van der Waals surface area contributed by atoms with Crippen molar-refractivity contribution < 1.29 is 4.79 Å². The molecule has 0 amide bonds. The van der Waals surface area contributed by atoms with Gasteiger partial charge in [-0.3, -0.25) is 4.79 Å². The molecular weight excluding hydrogens is 250 g/mol. The highest BCUT2D eigenvalue weighted by molar-refractivity contribution is 5.97. The zero-order valence-corrected chi connectivity index (χ0v) is 10.8. The van der Waals surface area contributed by atoms with Crippen LogP contribution in [0.1, 0.15) is 23.5 Å². The highest BCUT2D eigenvalue weighted by Crippen LogP contribution is 2.18. The smallest absolute Gasteiger partial charge is 0.201 e. The normalized spacial score (nSPS) is 16.4. The number of hydrogen-bond donors (Lipinski definition) is 2. The van der Waals surface area contributed by atoms with Crippen molar-refractivity contribution in [1.29, 1.82) is 0 Å². The molecule has 4 nitrogen and oxygen atoms in total. The third kappa shape index (κ3) is 2.40. The molecule has 96 valence electrons. The number of carbonyl (C=O) groups excluding carboxylic acids is 1. The van der Waals surface area contributed by atoms with Crippen molar-refractivity contribution in [3.8, 4) is 0 Å². The minimum Gasteiger partial charge on any atom is -0.335 e. The van der Waals surface area contributed by atoms with E-state index in [1.807, 2.05) is 24.3 Å². The van der Waals surface area contributed by atoms with Gasteiger partial charge in [0.05, 0.1) is 11.0 Å². The fourth-order valence-corrected chi connectivity index (χ4v) is 2.35. The molecule has 0 spiro atoms. The molecule has 1 aliphatic rings. The second-order valence-corrected chi connectivity index (χ2v) is 4.49. The summed E-state index contributed by atoms with van der Waals surface area (Å²) >= 11 is 0. The van der Waals surface area contributed by atoms with Crippen LogP contribution in [0.15, 0.2) is 24.3 Å². The molecule has 2 heterocycles. The first-order valence-corrected chi connectivity index (χ1v) is 6.04. The van der Waals surface area contributed by atoms with Gasteiger partial charge in [-0.1, -0.05) is 12.1 Å². The van der Waals surface area contributed by atoms with Gasteiger partial charge in [-0.2, -0.15) is 0 Å². The summed E-state index contributed by atoms with van der Waals surface area (Å²) in [5.74, 6) is 0.789. The fourth-order valence-electron chi connectivity index (χ4n) is 2.35. The molecule has 2 aromatic rings. The number of nitrogens with one attached hydrogen (secondary N) is 2. The minimum absolute atomic E-state index is 0. The maximum absolute atomic E-state index is 12.2. The molecule has 3 rings (SSSR count). The predicted molar refractivity (Wildman–Crippen MR) is 73.3 cm³/mol. The molecule has 1 aliphatic heterocycles. The molecule has 1 aromatic carbocycles. The van der Waals surface area contributed by atoms with Crippen molar-refractivity contribution in [2.24, 2.45) is 5.92 Å². The molecule has 18 heavy (non-hydrogen) atoms. The van der Waals surface area contributed by atoms with E-state index in [1.54, 1.807) is 0 Å². The summed E-state index contributed by atoms with van der Waals surface area (Å²) in [5.41, 5.74) is 1.80. The first-order valence-electron chi connectivity index (χ1n) is 6.04. The van der Waals surface area contributed by atoms with Crippen molar-refractivity contribution in [1.82, 2.24) is 15.3 Å². The number of ketones is 1. The van der Waals surface area contributed by atoms with E-state index >= 15 is 0 Å². The van der Waals surface area contributed by atoms with Crippen LogP contribution in [0.25, 0.3) is 11.0 Å². The fraction of sp³-hybridized carbons (Fsp3) is 0.385. The summed E-state index contributed by atoms with van der Waals surface area (Å²) in [7, 11) is 0. The first kappa shape index (κ1) is 13.1. The quantitative estimate of drug-likeness (QED) is 0.818. The maximum Gasteiger partial charge on any atom is 0.201 e. The zero-order chi connectivity index (χ0) is 11.7. The summed E-state index contributed by atoms with van der Waals surface area (Å²) in [6.45, 7) is 1.85. The second kappa shape index (κ2) is 5.50. The monoisotopic (exact) mass is 265 g/mol. The van der Waals surface area contributed by atoms with E-state index in [-0.39, 0.29) is 24.1 Å². The standard InChI is InChI=1S/C13H15N3O.ClH/c17-12(9-5-7-14-8-6-9)13-15-10-3-1-2-4-11(10)16-13;/h1-4,9,14H,5-8H2,(H,15,16);1H. The van der Waals surface area contributed by atoms with Gasteiger partial charge in [0.15, 0.2) is 5.82 Å². The molecule has 1 fully saturated rings. The van der Waals surface area contributed by atoms with E-state index in [1.165, 1.54) is 0 Å². The highest BCUT2D eigenvalue weighted by Gasteiger charge is 2.24. The second-order valence-electron chi connectivity index (χ2n) is 4.49. The van der Waals surface area contributed by atoms with Gasteiger partial charge in [0, 0.05) is 5.92 Å². The number of imidazole rings is 1. The molecule has 0 unspecified atom stereocenters. The van der Waals surface area contributed by atoms with Crippen LogP contribution in [0.2, 0.25) is 0 Å². The zero-order valence-electron chi connectivity index (χ0n) is 9.98. The van der Waals surface area contributed by atoms with Crippen LogP contribution in [-0.4, -0.2) is 28.8 Å². The number of piperidine rings is 1. The van der Waals surface area contributed by atoms with Gasteiger partial charge in [-0.25, -0.2) is 4.98 Å². The summed E-state index contributed by atoms with van der Waals surface area (Å²) in [6.07, 6.45) is 1.83. The lowest BCUT2D eigenvalue weighted by Crippen LogP contribution is -2.32. The number of rotatable bonds is 2. The summed E-state index contributed by atoms with van der Waals surface area (Å²) < 4.78 is 0. The number of halogens is 1. The Morgan fingerprint density at radius 3 is 2.67 bits per heavy atom. The Hall–Kier alpha value is -1.39. The van der Waals surface area contributed by atoms with Crippen LogP contribution in [0.3, 0.4) is 0 Å². The number of benzene rings is 1. The molecule has 1 saturated heterocycles. The van der Waals surface area contributed by atoms with Crippen molar-refractivity contribution >= 4 is 29.2 Å². The van der Waals surface area contributed by atoms with Crippen LogP contribution in [0, 0.1) is 5.92 Å². The molecule has 1 aromatic heterocycles. The van der Waals surface area contributed by atoms with Crippen LogP contribution < -0.4 is 5.32 Å². The van der Waals surface area contributed by atoms with Crippen LogP contribution in [0.4, 0.5) is 0 Å². The van der Waals surface area contributed by atoms with E-state index in [0.29, 0.717) is 5.82 Å². The average molecular weight is 266 g/mol. The number of Topliss-reactive ketones (excluding diaryl/α,β-unsaturated/α-hetero) is 1. The third-order valence-corrected chi connectivity index (χ3v) is 3.33. The number of aromatic nitrogens is 2. The van der Waals surface area contributed by atoms with Gasteiger partial charge in [0.25, 0.3) is 0 Å². The van der Waals surface area contributed by atoms with E-state index in [0.717, 1.165) is 37.0 Å². The third-order valence-electron chi connectivity index (χ3n) is 3.33. The Kier molecular flexibility index (Phi) is 3.99. The molecule has 5 heteroatoms. The number of para-hydroxylation sites is 2. The SMILES string of the molecule is Cl.O=C(c1nc2ccccc2[nH]1)C1CCNCC1. The Morgan fingerprint density at radius 2 is 1.94 bits per heavy atom. The van der Waals surface area contributed by atoms with Gasteiger partial charge in [-0.05, 0) is 38.1 Å². The minimum atomic E-state index is 0. The Labute approximate surface area is 112 Å².